The van der Waals surface area contributed by atoms with Gasteiger partial charge >= 0.3 is 17.9 Å². The van der Waals surface area contributed by atoms with E-state index in [0.29, 0.717) is 19.3 Å². The minimum absolute atomic E-state index is 0.0962. The summed E-state index contributed by atoms with van der Waals surface area (Å²) in [5.74, 6) is -0.969. The first-order chi connectivity index (χ1) is 38.0. The molecule has 77 heavy (non-hydrogen) atoms. The molecule has 0 rings (SSSR count). The fraction of sp³-hybridized carbons (Fsp3) is 0.789. The van der Waals surface area contributed by atoms with Crippen molar-refractivity contribution < 1.29 is 28.6 Å². The average Bonchev–Trinajstić information content (AvgIpc) is 3.43. The van der Waals surface area contributed by atoms with Crippen molar-refractivity contribution in [3.63, 3.8) is 0 Å². The predicted molar refractivity (Wildman–Crippen MR) is 335 cm³/mol. The highest BCUT2D eigenvalue weighted by molar-refractivity contribution is 5.71. The Morgan fingerprint density at radius 2 is 0.532 bits per heavy atom. The number of hydrogen-bond donors (Lipinski definition) is 0. The van der Waals surface area contributed by atoms with Crippen molar-refractivity contribution in [2.75, 3.05) is 13.2 Å². The van der Waals surface area contributed by atoms with E-state index in [1.54, 1.807) is 0 Å². The highest BCUT2D eigenvalue weighted by Crippen LogP contribution is 2.18. The number of carbonyl (C=O) groups is 3. The molecule has 0 saturated carbocycles. The Bertz CT molecular complexity index is 1420. The highest BCUT2D eigenvalue weighted by atomic mass is 16.6. The van der Waals surface area contributed by atoms with Crippen molar-refractivity contribution in [3.8, 4) is 0 Å². The van der Waals surface area contributed by atoms with E-state index in [1.165, 1.54) is 225 Å². The van der Waals surface area contributed by atoms with Crippen LogP contribution in [0.3, 0.4) is 0 Å². The van der Waals surface area contributed by atoms with Crippen LogP contribution < -0.4 is 0 Å². The summed E-state index contributed by atoms with van der Waals surface area (Å²) < 4.78 is 16.9. The van der Waals surface area contributed by atoms with Gasteiger partial charge in [0.05, 0.1) is 0 Å². The number of allylic oxidation sites excluding steroid dienone is 12. The summed E-state index contributed by atoms with van der Waals surface area (Å²) in [6.45, 7) is 6.48. The summed E-state index contributed by atoms with van der Waals surface area (Å²) in [7, 11) is 0. The topological polar surface area (TPSA) is 78.9 Å². The molecule has 0 aromatic carbocycles. The Balaban J connectivity index is 4.26. The molecule has 0 amide bonds. The maximum absolute atomic E-state index is 12.9. The molecule has 0 saturated heterocycles. The molecule has 0 radical (unpaired) electrons. The minimum atomic E-state index is -0.806. The summed E-state index contributed by atoms with van der Waals surface area (Å²) in [6.07, 6.45) is 85.2. The van der Waals surface area contributed by atoms with E-state index < -0.39 is 6.10 Å². The smallest absolute Gasteiger partial charge is 0.306 e. The highest BCUT2D eigenvalue weighted by Gasteiger charge is 2.19. The first-order valence-electron chi connectivity index (χ1n) is 33.4. The quantitative estimate of drug-likeness (QED) is 0.0261. The van der Waals surface area contributed by atoms with Crippen LogP contribution in [-0.2, 0) is 28.6 Å². The summed E-state index contributed by atoms with van der Waals surface area (Å²) in [5, 5.41) is 0. The second-order valence-corrected chi connectivity index (χ2v) is 22.4. The van der Waals surface area contributed by atoms with E-state index in [4.69, 9.17) is 14.2 Å². The second-order valence-electron chi connectivity index (χ2n) is 22.4. The van der Waals surface area contributed by atoms with Gasteiger partial charge in [-0.1, -0.05) is 318 Å². The van der Waals surface area contributed by atoms with Gasteiger partial charge in [-0.25, -0.2) is 0 Å². The second kappa shape index (κ2) is 65.4. The van der Waals surface area contributed by atoms with E-state index in [0.717, 1.165) is 70.6 Å². The zero-order chi connectivity index (χ0) is 55.7. The molecule has 0 aliphatic rings. The number of hydrogen-bond acceptors (Lipinski definition) is 6. The van der Waals surface area contributed by atoms with Gasteiger partial charge in [-0.3, -0.25) is 14.4 Å². The van der Waals surface area contributed by atoms with Gasteiger partial charge in [-0.15, -0.1) is 0 Å². The van der Waals surface area contributed by atoms with Gasteiger partial charge in [0.15, 0.2) is 6.10 Å². The maximum Gasteiger partial charge on any atom is 0.306 e. The molecule has 0 heterocycles. The van der Waals surface area contributed by atoms with Gasteiger partial charge in [-0.05, 0) is 77.0 Å². The van der Waals surface area contributed by atoms with Gasteiger partial charge in [0.1, 0.15) is 13.2 Å². The summed E-state index contributed by atoms with van der Waals surface area (Å²) >= 11 is 0. The van der Waals surface area contributed by atoms with E-state index in [-0.39, 0.29) is 37.5 Å². The van der Waals surface area contributed by atoms with E-state index >= 15 is 0 Å². The molecule has 0 fully saturated rings. The summed E-state index contributed by atoms with van der Waals surface area (Å²) in [6, 6.07) is 0. The third kappa shape index (κ3) is 63.6. The standard InChI is InChI=1S/C71H126O6/c1-4-7-10-13-16-19-22-25-27-29-31-32-33-34-35-36-37-38-40-41-43-46-49-52-55-58-61-64-70(73)76-67-68(66-75-69(72)63-60-57-54-51-48-45-24-21-18-15-12-9-6-3)77-71(74)65-62-59-56-53-50-47-44-42-39-30-28-26-23-20-17-14-11-8-5-2/h9,12,17-18,20-21,26,28,45,48,54,57,68H,4-8,10-11,13-16,19,22-25,27,29-44,46-47,49-53,55-56,58-67H2,1-3H3/b12-9-,20-17-,21-18-,28-26-,48-45-,57-54-. The Labute approximate surface area is 478 Å². The molecule has 6 heteroatoms. The van der Waals surface area contributed by atoms with Crippen molar-refractivity contribution >= 4 is 17.9 Å². The molecule has 6 nitrogen and oxygen atoms in total. The monoisotopic (exact) mass is 1070 g/mol. The fourth-order valence-corrected chi connectivity index (χ4v) is 9.73. The molecule has 0 aromatic heterocycles. The molecule has 0 spiro atoms. The molecule has 446 valence electrons. The molecule has 1 unspecified atom stereocenters. The third-order valence-corrected chi connectivity index (χ3v) is 14.7. The molecule has 0 aromatic rings. The molecule has 0 N–H and O–H groups in total. The van der Waals surface area contributed by atoms with Gasteiger partial charge < -0.3 is 14.2 Å². The third-order valence-electron chi connectivity index (χ3n) is 14.7. The van der Waals surface area contributed by atoms with Crippen LogP contribution in [0.15, 0.2) is 72.9 Å². The largest absolute Gasteiger partial charge is 0.462 e. The average molecular weight is 1080 g/mol. The van der Waals surface area contributed by atoms with Gasteiger partial charge in [-0.2, -0.15) is 0 Å². The van der Waals surface area contributed by atoms with E-state index in [1.807, 2.05) is 6.08 Å². The van der Waals surface area contributed by atoms with Crippen LogP contribution in [0.1, 0.15) is 342 Å². The SMILES string of the molecule is CC/C=C\C/C=C\C/C=C\C/C=C\CCC(=O)OCC(COC(=O)CCCCCCCCCCCCCCCCCCCCCCCCCCCCC)OC(=O)CCCCCCCCCCC/C=C\C/C=C\CCCCC. The molecule has 1 atom stereocenters. The van der Waals surface area contributed by atoms with Crippen LogP contribution in [0.25, 0.3) is 0 Å². The fourth-order valence-electron chi connectivity index (χ4n) is 9.73. The predicted octanol–water partition coefficient (Wildman–Crippen LogP) is 22.9. The van der Waals surface area contributed by atoms with E-state index in [9.17, 15) is 14.4 Å². The van der Waals surface area contributed by atoms with E-state index in [2.05, 4.69) is 87.6 Å². The Kier molecular flexibility index (Phi) is 62.7. The van der Waals surface area contributed by atoms with Crippen LogP contribution >= 0.6 is 0 Å². The Hall–Kier alpha value is -3.15. The van der Waals surface area contributed by atoms with Gasteiger partial charge in [0.2, 0.25) is 0 Å². The summed E-state index contributed by atoms with van der Waals surface area (Å²) in [4.78, 5) is 38.3. The Morgan fingerprint density at radius 1 is 0.273 bits per heavy atom. The molecular formula is C71H126O6. The first-order valence-corrected chi connectivity index (χ1v) is 33.4. The number of esters is 3. The van der Waals surface area contributed by atoms with Crippen LogP contribution in [0.4, 0.5) is 0 Å². The maximum atomic E-state index is 12.9. The molecular weight excluding hydrogens is 949 g/mol. The number of carbonyl (C=O) groups excluding carboxylic acids is 3. The minimum Gasteiger partial charge on any atom is -0.462 e. The lowest BCUT2D eigenvalue weighted by Gasteiger charge is -2.18. The van der Waals surface area contributed by atoms with Crippen LogP contribution in [-0.4, -0.2) is 37.2 Å². The number of unbranched alkanes of at least 4 members (excludes halogenated alkanes) is 38. The van der Waals surface area contributed by atoms with Gasteiger partial charge in [0, 0.05) is 19.3 Å². The van der Waals surface area contributed by atoms with Crippen LogP contribution in [0.5, 0.6) is 0 Å². The van der Waals surface area contributed by atoms with Crippen molar-refractivity contribution in [1.82, 2.24) is 0 Å². The lowest BCUT2D eigenvalue weighted by molar-refractivity contribution is -0.166. The molecule has 0 aliphatic heterocycles. The van der Waals surface area contributed by atoms with Gasteiger partial charge in [0.25, 0.3) is 0 Å². The normalized spacial score (nSPS) is 12.5. The molecule has 0 aliphatic carbocycles. The van der Waals surface area contributed by atoms with Crippen molar-refractivity contribution in [2.45, 2.75) is 348 Å². The van der Waals surface area contributed by atoms with Crippen molar-refractivity contribution in [1.29, 1.82) is 0 Å². The zero-order valence-electron chi connectivity index (χ0n) is 51.2. The zero-order valence-corrected chi connectivity index (χ0v) is 51.2. The lowest BCUT2D eigenvalue weighted by Crippen LogP contribution is -2.30. The van der Waals surface area contributed by atoms with Crippen LogP contribution in [0.2, 0.25) is 0 Å². The number of rotatable bonds is 61. The lowest BCUT2D eigenvalue weighted by atomic mass is 10.0. The molecule has 0 bridgehead atoms. The summed E-state index contributed by atoms with van der Waals surface area (Å²) in [5.41, 5.74) is 0. The number of ether oxygens (including phenoxy) is 3. The van der Waals surface area contributed by atoms with Crippen molar-refractivity contribution in [2.24, 2.45) is 0 Å². The van der Waals surface area contributed by atoms with Crippen LogP contribution in [0, 0.1) is 0 Å². The van der Waals surface area contributed by atoms with Crippen molar-refractivity contribution in [3.05, 3.63) is 72.9 Å². The first kappa shape index (κ1) is 73.8. The Morgan fingerprint density at radius 3 is 0.896 bits per heavy atom.